The number of fused-ring (bicyclic) bond motifs is 1. The van der Waals surface area contributed by atoms with Gasteiger partial charge in [0.2, 0.25) is 0 Å². The van der Waals surface area contributed by atoms with E-state index in [2.05, 4.69) is 15.3 Å². The summed E-state index contributed by atoms with van der Waals surface area (Å²) in [5.74, 6) is 0.0127. The normalized spacial score (nSPS) is 37.6. The molecule has 22 heavy (non-hydrogen) atoms. The van der Waals surface area contributed by atoms with E-state index in [1.807, 2.05) is 0 Å². The van der Waals surface area contributed by atoms with E-state index in [-0.39, 0.29) is 17.7 Å². The highest BCUT2D eigenvalue weighted by molar-refractivity contribution is 6.18. The molecule has 2 aliphatic rings. The van der Waals surface area contributed by atoms with Crippen LogP contribution in [0.2, 0.25) is 0 Å². The average molecular weight is 335 g/mol. The number of rotatable bonds is 3. The van der Waals surface area contributed by atoms with Crippen LogP contribution in [-0.2, 0) is 4.74 Å². The predicted octanol–water partition coefficient (Wildman–Crippen LogP) is -1.41. The lowest BCUT2D eigenvalue weighted by atomic mass is 9.99. The van der Waals surface area contributed by atoms with Crippen molar-refractivity contribution >= 4 is 23.4 Å². The monoisotopic (exact) mass is 334 g/mol. The van der Waals surface area contributed by atoms with Crippen molar-refractivity contribution in [1.82, 2.24) is 14.9 Å². The molecule has 0 radical (unpaired) electrons. The summed E-state index contributed by atoms with van der Waals surface area (Å²) < 4.78 is 21.2. The molecule has 1 aromatic rings. The minimum atomic E-state index is -1.83. The van der Waals surface area contributed by atoms with Crippen molar-refractivity contribution < 1.29 is 19.3 Å². The number of hydrogen-bond acceptors (Lipinski definition) is 8. The third-order valence-electron chi connectivity index (χ3n) is 3.86. The Morgan fingerprint density at radius 2 is 2.32 bits per heavy atom. The maximum atomic E-state index is 14.5. The maximum Gasteiger partial charge on any atom is 0.196 e. The van der Waals surface area contributed by atoms with Gasteiger partial charge < -0.3 is 31.7 Å². The minimum absolute atomic E-state index is 0.0569. The van der Waals surface area contributed by atoms with Gasteiger partial charge in [0.1, 0.15) is 23.6 Å². The van der Waals surface area contributed by atoms with Crippen molar-refractivity contribution in [2.45, 2.75) is 30.3 Å². The number of guanidine groups is 1. The van der Waals surface area contributed by atoms with Crippen LogP contribution in [0.1, 0.15) is 18.1 Å². The zero-order chi connectivity index (χ0) is 16.1. The molecular weight excluding hydrogens is 319 g/mol. The van der Waals surface area contributed by atoms with Crippen molar-refractivity contribution in [1.29, 1.82) is 0 Å². The van der Waals surface area contributed by atoms with Crippen LogP contribution in [0.3, 0.4) is 0 Å². The van der Waals surface area contributed by atoms with E-state index < -0.39 is 36.9 Å². The summed E-state index contributed by atoms with van der Waals surface area (Å²) in [5, 5.41) is 22.1. The van der Waals surface area contributed by atoms with Gasteiger partial charge in [-0.05, 0) is 0 Å². The molecule has 0 bridgehead atoms. The number of hydrogen-bond donors (Lipinski definition) is 5. The second kappa shape index (κ2) is 5.32. The third kappa shape index (κ3) is 2.07. The van der Waals surface area contributed by atoms with Crippen LogP contribution in [0, 0.1) is 0 Å². The molecule has 0 amide bonds. The number of imidazole rings is 1. The van der Waals surface area contributed by atoms with Gasteiger partial charge >= 0.3 is 0 Å². The van der Waals surface area contributed by atoms with Gasteiger partial charge in [-0.3, -0.25) is 4.57 Å². The van der Waals surface area contributed by atoms with Crippen molar-refractivity contribution in [2.24, 2.45) is 16.5 Å². The Hall–Kier alpha value is -1.46. The zero-order valence-corrected chi connectivity index (χ0v) is 12.1. The summed E-state index contributed by atoms with van der Waals surface area (Å²) in [6, 6.07) is 0. The van der Waals surface area contributed by atoms with E-state index in [9.17, 15) is 14.6 Å². The molecule has 1 unspecified atom stereocenters. The standard InChI is InChI=1S/C11H16ClFN6O3/c12-1-11(2-20)6(21)4(13)9(22-11)19-3-16-5-7(14)17-10(15)18-8(5)19/h3-4,6-7,9,20-21H,1-2,14H2,(H3,15,17,18)/t4-,6+,7?,9-,11-/m1/s1. The van der Waals surface area contributed by atoms with Crippen molar-refractivity contribution in [3.63, 3.8) is 0 Å². The minimum Gasteiger partial charge on any atom is -0.393 e. The molecule has 11 heteroatoms. The lowest BCUT2D eigenvalue weighted by Crippen LogP contribution is -2.47. The number of aliphatic hydroxyl groups excluding tert-OH is 2. The van der Waals surface area contributed by atoms with Crippen LogP contribution >= 0.6 is 11.6 Å². The molecule has 122 valence electrons. The van der Waals surface area contributed by atoms with Crippen LogP contribution in [0.5, 0.6) is 0 Å². The molecule has 0 spiro atoms. The zero-order valence-electron chi connectivity index (χ0n) is 11.4. The predicted molar refractivity (Wildman–Crippen MR) is 75.1 cm³/mol. The van der Waals surface area contributed by atoms with Crippen LogP contribution < -0.4 is 16.8 Å². The summed E-state index contributed by atoms with van der Waals surface area (Å²) in [7, 11) is 0. The highest BCUT2D eigenvalue weighted by atomic mass is 35.5. The molecule has 2 aliphatic heterocycles. The lowest BCUT2D eigenvalue weighted by molar-refractivity contribution is -0.113. The molecular formula is C11H16ClFN6O3. The number of halogens is 2. The molecule has 9 nitrogen and oxygen atoms in total. The number of alkyl halides is 2. The van der Waals surface area contributed by atoms with Gasteiger partial charge in [0.25, 0.3) is 0 Å². The van der Waals surface area contributed by atoms with Crippen LogP contribution in [0.25, 0.3) is 0 Å². The number of aliphatic hydroxyl groups is 2. The van der Waals surface area contributed by atoms with Crippen molar-refractivity contribution in [2.75, 3.05) is 12.5 Å². The first kappa shape index (κ1) is 15.4. The SMILES string of the molecule is NC1=Nc2c(ncn2[C@@H]2O[C@@](CO)(CCl)[C@@H](O)[C@H]2F)C(N)N1. The highest BCUT2D eigenvalue weighted by Gasteiger charge is 2.56. The summed E-state index contributed by atoms with van der Waals surface area (Å²) in [6.45, 7) is -0.627. The molecule has 1 saturated heterocycles. The second-order valence-electron chi connectivity index (χ2n) is 5.23. The number of nitrogens with two attached hydrogens (primary N) is 2. The molecule has 0 aromatic carbocycles. The van der Waals surface area contributed by atoms with E-state index in [0.717, 1.165) is 0 Å². The summed E-state index contributed by atoms with van der Waals surface area (Å²) in [5.41, 5.74) is 10.2. The summed E-state index contributed by atoms with van der Waals surface area (Å²) in [6.07, 6.45) is -4.06. The fourth-order valence-corrected chi connectivity index (χ4v) is 2.88. The molecule has 5 atom stereocenters. The lowest BCUT2D eigenvalue weighted by Gasteiger charge is -2.27. The van der Waals surface area contributed by atoms with E-state index >= 15 is 0 Å². The van der Waals surface area contributed by atoms with E-state index in [1.165, 1.54) is 10.9 Å². The topological polar surface area (TPSA) is 144 Å². The Balaban J connectivity index is 2.00. The fourth-order valence-electron chi connectivity index (χ4n) is 2.58. The molecule has 1 aromatic heterocycles. The Bertz CT molecular complexity index is 607. The summed E-state index contributed by atoms with van der Waals surface area (Å²) >= 11 is 5.73. The van der Waals surface area contributed by atoms with Crippen LogP contribution in [0.15, 0.2) is 11.3 Å². The Labute approximate surface area is 129 Å². The quantitative estimate of drug-likeness (QED) is 0.427. The summed E-state index contributed by atoms with van der Waals surface area (Å²) in [4.78, 5) is 8.10. The van der Waals surface area contributed by atoms with E-state index in [1.54, 1.807) is 0 Å². The number of nitrogens with one attached hydrogen (secondary N) is 1. The molecule has 1 fully saturated rings. The average Bonchev–Trinajstić information content (AvgIpc) is 3.01. The van der Waals surface area contributed by atoms with Gasteiger partial charge in [0.05, 0.1) is 18.8 Å². The first-order valence-electron chi connectivity index (χ1n) is 6.53. The molecule has 3 heterocycles. The van der Waals surface area contributed by atoms with Crippen molar-refractivity contribution in [3.8, 4) is 0 Å². The maximum absolute atomic E-state index is 14.5. The molecule has 3 rings (SSSR count). The Morgan fingerprint density at radius 1 is 1.59 bits per heavy atom. The van der Waals surface area contributed by atoms with Gasteiger partial charge in [0.15, 0.2) is 24.2 Å². The fraction of sp³-hybridized carbons (Fsp3) is 0.636. The molecule has 0 aliphatic carbocycles. The smallest absolute Gasteiger partial charge is 0.196 e. The van der Waals surface area contributed by atoms with Gasteiger partial charge in [-0.2, -0.15) is 4.99 Å². The molecule has 7 N–H and O–H groups in total. The van der Waals surface area contributed by atoms with Gasteiger partial charge in [-0.15, -0.1) is 11.6 Å². The first-order valence-corrected chi connectivity index (χ1v) is 7.07. The van der Waals surface area contributed by atoms with Crippen molar-refractivity contribution in [3.05, 3.63) is 12.0 Å². The van der Waals surface area contributed by atoms with Gasteiger partial charge in [0, 0.05) is 0 Å². The Morgan fingerprint density at radius 3 is 2.91 bits per heavy atom. The third-order valence-corrected chi connectivity index (χ3v) is 4.31. The van der Waals surface area contributed by atoms with E-state index in [0.29, 0.717) is 5.69 Å². The number of ether oxygens (including phenoxy) is 1. The Kier molecular flexibility index (Phi) is 3.73. The second-order valence-corrected chi connectivity index (χ2v) is 5.50. The molecule has 0 saturated carbocycles. The number of nitrogens with zero attached hydrogens (tertiary/aromatic N) is 3. The van der Waals surface area contributed by atoms with Gasteiger partial charge in [-0.25, -0.2) is 9.37 Å². The van der Waals surface area contributed by atoms with E-state index in [4.69, 9.17) is 27.8 Å². The van der Waals surface area contributed by atoms with Crippen LogP contribution in [-0.4, -0.2) is 56.1 Å². The first-order chi connectivity index (χ1) is 10.4. The largest absolute Gasteiger partial charge is 0.393 e. The number of aromatic nitrogens is 2. The van der Waals surface area contributed by atoms with Gasteiger partial charge in [-0.1, -0.05) is 0 Å². The highest BCUT2D eigenvalue weighted by Crippen LogP contribution is 2.42. The van der Waals surface area contributed by atoms with Crippen LogP contribution in [0.4, 0.5) is 10.2 Å². The number of aliphatic imine (C=N–C) groups is 1.